The number of aliphatic hydroxyl groups is 1. The Bertz CT molecular complexity index is 609. The highest BCUT2D eigenvalue weighted by molar-refractivity contribution is 5.79. The van der Waals surface area contributed by atoms with E-state index >= 15 is 0 Å². The van der Waals surface area contributed by atoms with Gasteiger partial charge in [0.15, 0.2) is 5.78 Å². The number of carbonyl (C=O) groups is 2. The Morgan fingerprint density at radius 1 is 1.24 bits per heavy atom. The Morgan fingerprint density at radius 3 is 2.40 bits per heavy atom. The third kappa shape index (κ3) is 7.55. The van der Waals surface area contributed by atoms with E-state index in [1.165, 1.54) is 12.1 Å². The van der Waals surface area contributed by atoms with Gasteiger partial charge in [-0.25, -0.2) is 4.79 Å². The number of ketones is 1. The van der Waals surface area contributed by atoms with Gasteiger partial charge < -0.3 is 15.2 Å². The van der Waals surface area contributed by atoms with Crippen LogP contribution in [0.25, 0.3) is 0 Å². The van der Waals surface area contributed by atoms with Crippen LogP contribution in [0.5, 0.6) is 0 Å². The second kappa shape index (κ2) is 8.33. The molecule has 0 saturated heterocycles. The van der Waals surface area contributed by atoms with Crippen molar-refractivity contribution in [1.29, 1.82) is 0 Å². The third-order valence-electron chi connectivity index (χ3n) is 3.20. The average Bonchev–Trinajstić information content (AvgIpc) is 2.48. The van der Waals surface area contributed by atoms with E-state index in [4.69, 9.17) is 9.84 Å². The zero-order valence-electron chi connectivity index (χ0n) is 14.3. The molecule has 1 atom stereocenters. The van der Waals surface area contributed by atoms with E-state index in [1.807, 2.05) is 0 Å². The molecule has 1 aromatic rings. The fourth-order valence-corrected chi connectivity index (χ4v) is 2.09. The van der Waals surface area contributed by atoms with E-state index < -0.39 is 41.9 Å². The summed E-state index contributed by atoms with van der Waals surface area (Å²) in [4.78, 5) is 23.3. The summed E-state index contributed by atoms with van der Waals surface area (Å²) < 4.78 is 43.8. The fraction of sp³-hybridized carbons (Fsp3) is 0.529. The number of amides is 1. The van der Waals surface area contributed by atoms with Crippen molar-refractivity contribution < 1.29 is 32.6 Å². The number of alkyl halides is 3. The van der Waals surface area contributed by atoms with Crippen molar-refractivity contribution >= 4 is 11.9 Å². The van der Waals surface area contributed by atoms with Crippen LogP contribution >= 0.6 is 0 Å². The number of alkyl carbamates (subject to hydrolysis) is 1. The Morgan fingerprint density at radius 2 is 1.88 bits per heavy atom. The van der Waals surface area contributed by atoms with E-state index in [0.717, 1.165) is 12.1 Å². The molecule has 2 N–H and O–H groups in total. The SMILES string of the molecule is CC(C)(C)OC(=O)N[C@@H](CCC(=O)CO)c1cccc(C(F)(F)F)c1. The van der Waals surface area contributed by atoms with Crippen LogP contribution in [-0.4, -0.2) is 29.2 Å². The predicted molar refractivity (Wildman–Crippen MR) is 84.9 cm³/mol. The summed E-state index contributed by atoms with van der Waals surface area (Å²) in [5.74, 6) is -0.469. The fourth-order valence-electron chi connectivity index (χ4n) is 2.09. The number of halogens is 3. The van der Waals surface area contributed by atoms with Crippen molar-refractivity contribution in [2.24, 2.45) is 0 Å². The Balaban J connectivity index is 3.01. The first-order valence-corrected chi connectivity index (χ1v) is 7.71. The smallest absolute Gasteiger partial charge is 0.416 e. The molecule has 0 fully saturated rings. The quantitative estimate of drug-likeness (QED) is 0.812. The molecule has 0 saturated carbocycles. The molecule has 140 valence electrons. The minimum atomic E-state index is -4.52. The summed E-state index contributed by atoms with van der Waals surface area (Å²) in [6.07, 6.45) is -5.37. The van der Waals surface area contributed by atoms with Crippen LogP contribution in [0, 0.1) is 0 Å². The molecule has 1 rings (SSSR count). The summed E-state index contributed by atoms with van der Waals surface area (Å²) in [6.45, 7) is 4.30. The van der Waals surface area contributed by atoms with Gasteiger partial charge in [-0.15, -0.1) is 0 Å². The number of hydrogen-bond donors (Lipinski definition) is 2. The molecule has 1 aromatic carbocycles. The second-order valence-corrected chi connectivity index (χ2v) is 6.56. The number of nitrogens with one attached hydrogen (secondary N) is 1. The van der Waals surface area contributed by atoms with Gasteiger partial charge in [-0.2, -0.15) is 13.2 Å². The van der Waals surface area contributed by atoms with Gasteiger partial charge in [0.25, 0.3) is 0 Å². The maximum Gasteiger partial charge on any atom is 0.416 e. The summed E-state index contributed by atoms with van der Waals surface area (Å²) in [7, 11) is 0. The first-order chi connectivity index (χ1) is 11.4. The molecule has 0 aliphatic rings. The molecule has 0 aliphatic heterocycles. The number of aliphatic hydroxyl groups excluding tert-OH is 1. The van der Waals surface area contributed by atoms with Gasteiger partial charge in [-0.3, -0.25) is 4.79 Å². The van der Waals surface area contributed by atoms with Crippen molar-refractivity contribution in [1.82, 2.24) is 5.32 Å². The largest absolute Gasteiger partial charge is 0.444 e. The van der Waals surface area contributed by atoms with Crippen LogP contribution in [0.4, 0.5) is 18.0 Å². The van der Waals surface area contributed by atoms with Crippen LogP contribution in [0.3, 0.4) is 0 Å². The van der Waals surface area contributed by atoms with Crippen LogP contribution in [0.1, 0.15) is 50.8 Å². The molecule has 0 radical (unpaired) electrons. The van der Waals surface area contributed by atoms with E-state index in [-0.39, 0.29) is 18.4 Å². The molecule has 25 heavy (non-hydrogen) atoms. The van der Waals surface area contributed by atoms with Gasteiger partial charge in [0, 0.05) is 6.42 Å². The van der Waals surface area contributed by atoms with Gasteiger partial charge in [0.2, 0.25) is 0 Å². The summed E-state index contributed by atoms with van der Waals surface area (Å²) in [6, 6.07) is 3.65. The second-order valence-electron chi connectivity index (χ2n) is 6.56. The van der Waals surface area contributed by atoms with Crippen LogP contribution in [0.15, 0.2) is 24.3 Å². The average molecular weight is 361 g/mol. The first kappa shape index (κ1) is 21.0. The first-order valence-electron chi connectivity index (χ1n) is 7.71. The van der Waals surface area contributed by atoms with Gasteiger partial charge in [0.1, 0.15) is 12.2 Å². The molecular weight excluding hydrogens is 339 g/mol. The standard InChI is InChI=1S/C17H22F3NO4/c1-16(2,3)25-15(24)21-14(8-7-13(23)10-22)11-5-4-6-12(9-11)17(18,19)20/h4-6,9,14,22H,7-8,10H2,1-3H3,(H,21,24)/t14-/m0/s1. The number of Topliss-reactive ketones (excluding diaryl/α,β-unsaturated/α-hetero) is 1. The van der Waals surface area contributed by atoms with E-state index in [9.17, 15) is 22.8 Å². The number of ether oxygens (including phenoxy) is 1. The molecule has 0 bridgehead atoms. The van der Waals surface area contributed by atoms with Gasteiger partial charge in [-0.05, 0) is 44.9 Å². The number of hydrogen-bond acceptors (Lipinski definition) is 4. The van der Waals surface area contributed by atoms with Crippen molar-refractivity contribution in [2.75, 3.05) is 6.61 Å². The summed E-state index contributed by atoms with van der Waals surface area (Å²) in [5.41, 5.74) is -1.43. The monoisotopic (exact) mass is 361 g/mol. The topological polar surface area (TPSA) is 75.6 Å². The minimum Gasteiger partial charge on any atom is -0.444 e. The van der Waals surface area contributed by atoms with Crippen molar-refractivity contribution in [2.45, 2.75) is 51.4 Å². The molecule has 0 aromatic heterocycles. The molecule has 8 heteroatoms. The lowest BCUT2D eigenvalue weighted by Gasteiger charge is -2.24. The lowest BCUT2D eigenvalue weighted by Crippen LogP contribution is -2.35. The van der Waals surface area contributed by atoms with Crippen molar-refractivity contribution in [3.8, 4) is 0 Å². The number of benzene rings is 1. The Kier molecular flexibility index (Phi) is 6.98. The molecule has 0 spiro atoms. The van der Waals surface area contributed by atoms with Gasteiger partial charge in [-0.1, -0.05) is 12.1 Å². The predicted octanol–water partition coefficient (Wildman–Crippen LogP) is 3.61. The maximum atomic E-state index is 12.9. The normalized spacial score (nSPS) is 13.2. The Labute approximate surface area is 144 Å². The number of rotatable bonds is 6. The molecule has 0 heterocycles. The van der Waals surface area contributed by atoms with Gasteiger partial charge >= 0.3 is 12.3 Å². The molecule has 1 amide bonds. The third-order valence-corrected chi connectivity index (χ3v) is 3.20. The number of carbonyl (C=O) groups excluding carboxylic acids is 2. The molecule has 5 nitrogen and oxygen atoms in total. The van der Waals surface area contributed by atoms with Crippen molar-refractivity contribution in [3.05, 3.63) is 35.4 Å². The highest BCUT2D eigenvalue weighted by Crippen LogP contribution is 2.31. The summed E-state index contributed by atoms with van der Waals surface area (Å²) >= 11 is 0. The van der Waals surface area contributed by atoms with E-state index in [2.05, 4.69) is 5.32 Å². The highest BCUT2D eigenvalue weighted by Gasteiger charge is 2.31. The van der Waals surface area contributed by atoms with Crippen molar-refractivity contribution in [3.63, 3.8) is 0 Å². The van der Waals surface area contributed by atoms with Crippen LogP contribution in [0.2, 0.25) is 0 Å². The molecule has 0 unspecified atom stereocenters. The van der Waals surface area contributed by atoms with E-state index in [1.54, 1.807) is 20.8 Å². The lowest BCUT2D eigenvalue weighted by atomic mass is 9.98. The van der Waals surface area contributed by atoms with E-state index in [0.29, 0.717) is 0 Å². The zero-order chi connectivity index (χ0) is 19.3. The molecular formula is C17H22F3NO4. The minimum absolute atomic E-state index is 0.0416. The maximum absolute atomic E-state index is 12.9. The van der Waals surface area contributed by atoms with Crippen LogP contribution < -0.4 is 5.32 Å². The lowest BCUT2D eigenvalue weighted by molar-refractivity contribution is -0.137. The Hall–Kier alpha value is -2.09. The van der Waals surface area contributed by atoms with Gasteiger partial charge in [0.05, 0.1) is 11.6 Å². The van der Waals surface area contributed by atoms with Crippen LogP contribution in [-0.2, 0) is 15.7 Å². The highest BCUT2D eigenvalue weighted by atomic mass is 19.4. The zero-order valence-corrected chi connectivity index (χ0v) is 14.3. The summed E-state index contributed by atoms with van der Waals surface area (Å²) in [5, 5.41) is 11.3. The molecule has 0 aliphatic carbocycles.